The molecule has 0 saturated carbocycles. The molecule has 2 aromatic rings. The van der Waals surface area contributed by atoms with Gasteiger partial charge < -0.3 is 10.5 Å². The van der Waals surface area contributed by atoms with E-state index in [1.807, 2.05) is 0 Å². The highest BCUT2D eigenvalue weighted by molar-refractivity contribution is 6.02. The van der Waals surface area contributed by atoms with Crippen LogP contribution >= 0.6 is 0 Å². The fraction of sp³-hybridized carbons (Fsp3) is 0.167. The first kappa shape index (κ1) is 11.2. The molecule has 1 aromatic carbocycles. The van der Waals surface area contributed by atoms with Crippen molar-refractivity contribution in [2.24, 2.45) is 0 Å². The second-order valence-electron chi connectivity index (χ2n) is 3.72. The van der Waals surface area contributed by atoms with E-state index in [0.717, 1.165) is 0 Å². The Hall–Kier alpha value is -2.30. The van der Waals surface area contributed by atoms with E-state index in [4.69, 9.17) is 10.5 Å². The van der Waals surface area contributed by atoms with Crippen molar-refractivity contribution in [2.45, 2.75) is 13.8 Å². The highest BCUT2D eigenvalue weighted by Crippen LogP contribution is 2.32. The van der Waals surface area contributed by atoms with Crippen LogP contribution in [0.25, 0.3) is 10.9 Å². The van der Waals surface area contributed by atoms with Crippen LogP contribution in [-0.4, -0.2) is 16.4 Å². The number of benzene rings is 1. The SMILES string of the molecule is CC(=O)Oc1cn(C(C)=O)c2cccc(N)c12. The maximum absolute atomic E-state index is 11.5. The Balaban J connectivity index is 2.75. The third-order valence-corrected chi connectivity index (χ3v) is 2.42. The Morgan fingerprint density at radius 2 is 2.00 bits per heavy atom. The molecule has 0 aliphatic carbocycles. The molecule has 0 fully saturated rings. The fourth-order valence-electron chi connectivity index (χ4n) is 1.77. The normalized spacial score (nSPS) is 10.5. The maximum Gasteiger partial charge on any atom is 0.308 e. The number of aromatic nitrogens is 1. The summed E-state index contributed by atoms with van der Waals surface area (Å²) in [5, 5.41) is 0.581. The molecule has 5 heteroatoms. The zero-order valence-electron chi connectivity index (χ0n) is 9.56. The summed E-state index contributed by atoms with van der Waals surface area (Å²) in [6.07, 6.45) is 1.48. The summed E-state index contributed by atoms with van der Waals surface area (Å²) in [4.78, 5) is 22.4. The van der Waals surface area contributed by atoms with Crippen LogP contribution in [0, 0.1) is 0 Å². The Morgan fingerprint density at radius 1 is 1.29 bits per heavy atom. The smallest absolute Gasteiger partial charge is 0.308 e. The number of hydrogen-bond donors (Lipinski definition) is 1. The predicted octanol–water partition coefficient (Wildman–Crippen LogP) is 1.81. The van der Waals surface area contributed by atoms with E-state index < -0.39 is 5.97 Å². The topological polar surface area (TPSA) is 74.3 Å². The van der Waals surface area contributed by atoms with Gasteiger partial charge in [0.15, 0.2) is 5.75 Å². The Bertz CT molecular complexity index is 613. The van der Waals surface area contributed by atoms with Gasteiger partial charge in [-0.2, -0.15) is 0 Å². The van der Waals surface area contributed by atoms with Crippen LogP contribution in [0.4, 0.5) is 5.69 Å². The molecule has 2 rings (SSSR count). The highest BCUT2D eigenvalue weighted by Gasteiger charge is 2.15. The van der Waals surface area contributed by atoms with Crippen LogP contribution < -0.4 is 10.5 Å². The molecule has 0 unspecified atom stereocenters. The second kappa shape index (κ2) is 3.93. The van der Waals surface area contributed by atoms with Crippen molar-refractivity contribution in [3.8, 4) is 5.75 Å². The molecule has 1 aromatic heterocycles. The molecule has 17 heavy (non-hydrogen) atoms. The van der Waals surface area contributed by atoms with E-state index >= 15 is 0 Å². The quantitative estimate of drug-likeness (QED) is 0.601. The minimum absolute atomic E-state index is 0.168. The average Bonchev–Trinajstić information content (AvgIpc) is 2.57. The monoisotopic (exact) mass is 232 g/mol. The number of hydrogen-bond acceptors (Lipinski definition) is 4. The predicted molar refractivity (Wildman–Crippen MR) is 64.0 cm³/mol. The molecule has 0 spiro atoms. The molecule has 88 valence electrons. The molecule has 2 N–H and O–H groups in total. The number of anilines is 1. The van der Waals surface area contributed by atoms with Gasteiger partial charge in [-0.3, -0.25) is 14.2 Å². The first-order valence-corrected chi connectivity index (χ1v) is 5.09. The van der Waals surface area contributed by atoms with Crippen LogP contribution in [0.5, 0.6) is 5.75 Å². The number of ether oxygens (including phenoxy) is 1. The number of carbonyl (C=O) groups is 2. The van der Waals surface area contributed by atoms with E-state index in [9.17, 15) is 9.59 Å². The van der Waals surface area contributed by atoms with Gasteiger partial charge in [0.1, 0.15) is 0 Å². The summed E-state index contributed by atoms with van der Waals surface area (Å²) in [5.74, 6) is -0.310. The average molecular weight is 232 g/mol. The molecular weight excluding hydrogens is 220 g/mol. The van der Waals surface area contributed by atoms with Crippen molar-refractivity contribution in [2.75, 3.05) is 5.73 Å². The van der Waals surface area contributed by atoms with E-state index in [-0.39, 0.29) is 5.91 Å². The van der Waals surface area contributed by atoms with Crippen molar-refractivity contribution in [3.63, 3.8) is 0 Å². The third-order valence-electron chi connectivity index (χ3n) is 2.42. The lowest BCUT2D eigenvalue weighted by atomic mass is 10.2. The molecule has 0 aliphatic heterocycles. The van der Waals surface area contributed by atoms with Gasteiger partial charge >= 0.3 is 5.97 Å². The van der Waals surface area contributed by atoms with Crippen molar-refractivity contribution >= 4 is 28.5 Å². The number of nitrogens with zero attached hydrogens (tertiary/aromatic N) is 1. The Kier molecular flexibility index (Phi) is 2.59. The summed E-state index contributed by atoms with van der Waals surface area (Å²) < 4.78 is 6.45. The molecule has 5 nitrogen and oxygen atoms in total. The summed E-state index contributed by atoms with van der Waals surface area (Å²) in [5.41, 5.74) is 6.93. The van der Waals surface area contributed by atoms with E-state index in [0.29, 0.717) is 22.3 Å². The maximum atomic E-state index is 11.5. The molecular formula is C12H12N2O3. The molecule has 0 amide bonds. The van der Waals surface area contributed by atoms with Gasteiger partial charge in [0.05, 0.1) is 17.1 Å². The number of esters is 1. The fourth-order valence-corrected chi connectivity index (χ4v) is 1.77. The number of nitrogen functional groups attached to an aromatic ring is 1. The summed E-state index contributed by atoms with van der Waals surface area (Å²) >= 11 is 0. The number of fused-ring (bicyclic) bond motifs is 1. The third kappa shape index (κ3) is 1.87. The van der Waals surface area contributed by atoms with Crippen molar-refractivity contribution in [1.29, 1.82) is 0 Å². The lowest BCUT2D eigenvalue weighted by Gasteiger charge is -2.01. The van der Waals surface area contributed by atoms with Gasteiger partial charge in [0.2, 0.25) is 5.91 Å². The number of rotatable bonds is 1. The second-order valence-corrected chi connectivity index (χ2v) is 3.72. The van der Waals surface area contributed by atoms with Gasteiger partial charge in [-0.1, -0.05) is 6.07 Å². The first-order chi connectivity index (χ1) is 8.00. The van der Waals surface area contributed by atoms with Crippen LogP contribution in [0.2, 0.25) is 0 Å². The summed E-state index contributed by atoms with van der Waals surface area (Å²) in [6, 6.07) is 5.19. The molecule has 0 atom stereocenters. The molecule has 0 bridgehead atoms. The minimum Gasteiger partial charge on any atom is -0.424 e. The van der Waals surface area contributed by atoms with Gasteiger partial charge in [-0.15, -0.1) is 0 Å². The molecule has 0 aliphatic rings. The lowest BCUT2D eigenvalue weighted by Crippen LogP contribution is -2.03. The van der Waals surface area contributed by atoms with E-state index in [1.54, 1.807) is 18.2 Å². The van der Waals surface area contributed by atoms with Crippen molar-refractivity contribution in [1.82, 2.24) is 4.57 Å². The summed E-state index contributed by atoms with van der Waals surface area (Å²) in [7, 11) is 0. The standard InChI is InChI=1S/C12H12N2O3/c1-7(15)14-6-11(17-8(2)16)12-9(13)4-3-5-10(12)14/h3-6H,13H2,1-2H3. The van der Waals surface area contributed by atoms with E-state index in [1.165, 1.54) is 24.6 Å². The van der Waals surface area contributed by atoms with Crippen molar-refractivity contribution < 1.29 is 14.3 Å². The van der Waals surface area contributed by atoms with Gasteiger partial charge in [-0.05, 0) is 12.1 Å². The molecule has 1 heterocycles. The lowest BCUT2D eigenvalue weighted by molar-refractivity contribution is -0.131. The summed E-state index contributed by atoms with van der Waals surface area (Å²) in [6.45, 7) is 2.73. The molecule has 0 saturated heterocycles. The Morgan fingerprint density at radius 3 is 2.59 bits per heavy atom. The van der Waals surface area contributed by atoms with Gasteiger partial charge in [-0.25, -0.2) is 0 Å². The molecule has 0 radical (unpaired) electrons. The Labute approximate surface area is 97.8 Å². The van der Waals surface area contributed by atoms with Crippen LogP contribution in [-0.2, 0) is 4.79 Å². The van der Waals surface area contributed by atoms with Gasteiger partial charge in [0, 0.05) is 19.5 Å². The van der Waals surface area contributed by atoms with Crippen LogP contribution in [0.15, 0.2) is 24.4 Å². The largest absolute Gasteiger partial charge is 0.424 e. The van der Waals surface area contributed by atoms with Crippen LogP contribution in [0.3, 0.4) is 0 Å². The highest BCUT2D eigenvalue weighted by atomic mass is 16.5. The first-order valence-electron chi connectivity index (χ1n) is 5.09. The number of nitrogens with two attached hydrogens (primary N) is 1. The zero-order chi connectivity index (χ0) is 12.6. The minimum atomic E-state index is -0.448. The van der Waals surface area contributed by atoms with Crippen LogP contribution in [0.1, 0.15) is 18.6 Å². The van der Waals surface area contributed by atoms with Gasteiger partial charge in [0.25, 0.3) is 0 Å². The number of carbonyl (C=O) groups excluding carboxylic acids is 2. The van der Waals surface area contributed by atoms with Crippen molar-refractivity contribution in [3.05, 3.63) is 24.4 Å². The zero-order valence-corrected chi connectivity index (χ0v) is 9.56. The van der Waals surface area contributed by atoms with E-state index in [2.05, 4.69) is 0 Å².